The molecular formula is C8H8Li2S2. The maximum atomic E-state index is 3.74. The van der Waals surface area contributed by atoms with Crippen molar-refractivity contribution in [3.8, 4) is 0 Å². The summed E-state index contributed by atoms with van der Waals surface area (Å²) >= 11 is 3.02. The molecule has 0 aliphatic rings. The molecule has 54 valence electrons. The van der Waals surface area contributed by atoms with Gasteiger partial charge in [-0.2, -0.15) is 0 Å². The molecule has 0 atom stereocenters. The molecule has 1 aromatic rings. The molecule has 0 spiro atoms. The van der Waals surface area contributed by atoms with E-state index in [1.165, 1.54) is 33.3 Å². The Labute approximate surface area is 107 Å². The molecule has 0 saturated heterocycles. The molecule has 0 fully saturated rings. The largest absolute Gasteiger partial charge is 1.00 e. The summed E-state index contributed by atoms with van der Waals surface area (Å²) in [5, 5.41) is 0. The zero-order valence-electron chi connectivity index (χ0n) is 7.54. The van der Waals surface area contributed by atoms with Crippen molar-refractivity contribution in [3.05, 3.63) is 36.8 Å². The molecule has 1 rings (SSSR count). The van der Waals surface area contributed by atoms with E-state index in [2.05, 4.69) is 12.5 Å². The molecule has 0 unspecified atom stereocenters. The normalized spacial score (nSPS) is 8.17. The number of hydrogen-bond acceptors (Lipinski definition) is 2. The van der Waals surface area contributed by atoms with Crippen LogP contribution in [0.3, 0.4) is 0 Å². The van der Waals surface area contributed by atoms with Gasteiger partial charge < -0.3 is 23.5 Å². The van der Waals surface area contributed by atoms with E-state index in [-0.39, 0.29) is 37.7 Å². The van der Waals surface area contributed by atoms with E-state index >= 15 is 0 Å². The predicted molar refractivity (Wildman–Crippen MR) is 48.9 cm³/mol. The minimum Gasteiger partial charge on any atom is -0.318 e. The Bertz CT molecular complexity index is 193. The Morgan fingerprint density at radius 2 is 1.17 bits per heavy atom. The van der Waals surface area contributed by atoms with E-state index in [1.807, 2.05) is 24.3 Å². The molecule has 0 amide bonds. The first-order valence-corrected chi connectivity index (χ1v) is 4.78. The monoisotopic (exact) mass is 182 g/mol. The number of benzene rings is 1. The second kappa shape index (κ2) is 8.70. The molecule has 1 aromatic carbocycles. The van der Waals surface area contributed by atoms with Gasteiger partial charge >= 0.3 is 37.7 Å². The van der Waals surface area contributed by atoms with Crippen LogP contribution in [0, 0.1) is 12.5 Å². The van der Waals surface area contributed by atoms with Crippen LogP contribution < -0.4 is 37.7 Å². The quantitative estimate of drug-likeness (QED) is 0.281. The van der Waals surface area contributed by atoms with Crippen LogP contribution >= 0.6 is 23.5 Å². The summed E-state index contributed by atoms with van der Waals surface area (Å²) in [5.74, 6) is 0. The van der Waals surface area contributed by atoms with Gasteiger partial charge in [0.15, 0.2) is 0 Å². The minimum absolute atomic E-state index is 0. The molecule has 0 heterocycles. The molecule has 0 nitrogen and oxygen atoms in total. The number of thioether (sulfide) groups is 2. The minimum atomic E-state index is 0. The van der Waals surface area contributed by atoms with Crippen LogP contribution in [-0.4, -0.2) is 0 Å². The smallest absolute Gasteiger partial charge is 0.318 e. The third-order valence-corrected chi connectivity index (χ3v) is 2.62. The Balaban J connectivity index is 0. The molecule has 0 radical (unpaired) electrons. The molecule has 4 heteroatoms. The van der Waals surface area contributed by atoms with Crippen molar-refractivity contribution in [2.24, 2.45) is 0 Å². The Morgan fingerprint density at radius 1 is 0.833 bits per heavy atom. The summed E-state index contributed by atoms with van der Waals surface area (Å²) in [4.78, 5) is 2.39. The molecule has 0 N–H and O–H groups in total. The first-order chi connectivity index (χ1) is 4.88. The average molecular weight is 182 g/mol. The first kappa shape index (κ1) is 15.6. The molecule has 0 aromatic heterocycles. The van der Waals surface area contributed by atoms with Gasteiger partial charge in [0.2, 0.25) is 0 Å². The van der Waals surface area contributed by atoms with Gasteiger partial charge in [-0.05, 0) is 9.79 Å². The molecule has 0 bridgehead atoms. The topological polar surface area (TPSA) is 0 Å². The Kier molecular flexibility index (Phi) is 11.3. The van der Waals surface area contributed by atoms with Gasteiger partial charge in [0.05, 0.1) is 0 Å². The first-order valence-electron chi connectivity index (χ1n) is 2.81. The van der Waals surface area contributed by atoms with Gasteiger partial charge in [0, 0.05) is 0 Å². The van der Waals surface area contributed by atoms with E-state index < -0.39 is 0 Å². The third kappa shape index (κ3) is 4.38. The maximum absolute atomic E-state index is 3.74. The fourth-order valence-corrected chi connectivity index (χ4v) is 1.81. The standard InChI is InChI=1S/C8H8S2.2Li/c1-9-7-5-3-4-6-8(7)10-2;;/h3-6H,1-2H2;;/q-2;2*+1. The second-order valence-electron chi connectivity index (χ2n) is 1.74. The van der Waals surface area contributed by atoms with Gasteiger partial charge in [-0.15, -0.1) is 0 Å². The second-order valence-corrected chi connectivity index (χ2v) is 3.19. The maximum Gasteiger partial charge on any atom is 1.00 e. The van der Waals surface area contributed by atoms with E-state index in [9.17, 15) is 0 Å². The zero-order chi connectivity index (χ0) is 7.40. The van der Waals surface area contributed by atoms with Crippen molar-refractivity contribution >= 4 is 23.5 Å². The third-order valence-electron chi connectivity index (χ3n) is 1.16. The Morgan fingerprint density at radius 3 is 1.42 bits per heavy atom. The summed E-state index contributed by atoms with van der Waals surface area (Å²) in [7, 11) is 0. The van der Waals surface area contributed by atoms with E-state index in [4.69, 9.17) is 0 Å². The van der Waals surface area contributed by atoms with Crippen LogP contribution in [0.1, 0.15) is 0 Å². The molecular weight excluding hydrogens is 174 g/mol. The van der Waals surface area contributed by atoms with E-state index in [1.54, 1.807) is 0 Å². The van der Waals surface area contributed by atoms with Crippen LogP contribution in [0.5, 0.6) is 0 Å². The van der Waals surface area contributed by atoms with Gasteiger partial charge in [-0.1, -0.05) is 24.3 Å². The summed E-state index contributed by atoms with van der Waals surface area (Å²) in [5.41, 5.74) is 0. The van der Waals surface area contributed by atoms with Gasteiger partial charge in [0.25, 0.3) is 0 Å². The summed E-state index contributed by atoms with van der Waals surface area (Å²) < 4.78 is 0. The SMILES string of the molecule is [CH2-]Sc1ccccc1S[CH2-].[Li+].[Li+]. The van der Waals surface area contributed by atoms with Crippen LogP contribution in [-0.2, 0) is 0 Å². The van der Waals surface area contributed by atoms with Crippen LogP contribution in [0.25, 0.3) is 0 Å². The van der Waals surface area contributed by atoms with Gasteiger partial charge in [-0.25, -0.2) is 0 Å². The van der Waals surface area contributed by atoms with E-state index in [0.717, 1.165) is 0 Å². The average Bonchev–Trinajstić information content (AvgIpc) is 2.04. The van der Waals surface area contributed by atoms with Crippen LogP contribution in [0.4, 0.5) is 0 Å². The summed E-state index contributed by atoms with van der Waals surface area (Å²) in [6.07, 6.45) is 7.48. The Hall–Kier alpha value is 1.11. The summed E-state index contributed by atoms with van der Waals surface area (Å²) in [6.45, 7) is 0. The number of hydrogen-bond donors (Lipinski definition) is 0. The molecule has 0 aliphatic carbocycles. The van der Waals surface area contributed by atoms with Gasteiger partial charge in [0.1, 0.15) is 0 Å². The summed E-state index contributed by atoms with van der Waals surface area (Å²) in [6, 6.07) is 8.11. The number of rotatable bonds is 2. The molecule has 0 aliphatic heterocycles. The zero-order valence-corrected chi connectivity index (χ0v) is 9.17. The van der Waals surface area contributed by atoms with Crippen molar-refractivity contribution < 1.29 is 37.7 Å². The fraction of sp³-hybridized carbons (Fsp3) is 0. The van der Waals surface area contributed by atoms with Crippen molar-refractivity contribution in [1.29, 1.82) is 0 Å². The van der Waals surface area contributed by atoms with Crippen molar-refractivity contribution in [2.45, 2.75) is 9.79 Å². The van der Waals surface area contributed by atoms with Crippen molar-refractivity contribution in [1.82, 2.24) is 0 Å². The van der Waals surface area contributed by atoms with Crippen molar-refractivity contribution in [3.63, 3.8) is 0 Å². The van der Waals surface area contributed by atoms with Gasteiger partial charge in [-0.3, -0.25) is 12.5 Å². The molecule has 12 heavy (non-hydrogen) atoms. The molecule has 0 saturated carbocycles. The predicted octanol–water partition coefficient (Wildman–Crippen LogP) is -2.54. The fourth-order valence-electron chi connectivity index (χ4n) is 0.689. The van der Waals surface area contributed by atoms with Crippen LogP contribution in [0.2, 0.25) is 0 Å². The van der Waals surface area contributed by atoms with Crippen LogP contribution in [0.15, 0.2) is 34.1 Å². The van der Waals surface area contributed by atoms with Crippen molar-refractivity contribution in [2.75, 3.05) is 0 Å². The van der Waals surface area contributed by atoms with E-state index in [0.29, 0.717) is 0 Å².